The molecule has 4 rings (SSSR count). The molecule has 2 heterocycles. The lowest BCUT2D eigenvalue weighted by Gasteiger charge is -2.34. The Bertz CT molecular complexity index is 895. The summed E-state index contributed by atoms with van der Waals surface area (Å²) in [6, 6.07) is 16.8. The maximum absolute atomic E-state index is 12.9. The fraction of sp³-hybridized carbons (Fsp3) is 0.286. The predicted molar refractivity (Wildman–Crippen MR) is 109 cm³/mol. The van der Waals surface area contributed by atoms with Crippen LogP contribution in [0.5, 0.6) is 0 Å². The van der Waals surface area contributed by atoms with E-state index in [4.69, 9.17) is 0 Å². The van der Waals surface area contributed by atoms with Crippen molar-refractivity contribution in [1.29, 1.82) is 0 Å². The summed E-state index contributed by atoms with van der Waals surface area (Å²) < 4.78 is 0. The number of hydrogen-bond donors (Lipinski definition) is 2. The Morgan fingerprint density at radius 3 is 2.43 bits per heavy atom. The van der Waals surface area contributed by atoms with Crippen molar-refractivity contribution in [3.63, 3.8) is 0 Å². The van der Waals surface area contributed by atoms with Crippen LogP contribution in [0.2, 0.25) is 0 Å². The van der Waals surface area contributed by atoms with Gasteiger partial charge in [-0.25, -0.2) is 0 Å². The Hall–Kier alpha value is -2.80. The Morgan fingerprint density at radius 2 is 1.68 bits per heavy atom. The summed E-state index contributed by atoms with van der Waals surface area (Å²) in [5.41, 5.74) is 1.53. The molecule has 0 aliphatic carbocycles. The molecule has 28 heavy (non-hydrogen) atoms. The molecule has 0 spiro atoms. The molecule has 6 nitrogen and oxygen atoms in total. The van der Waals surface area contributed by atoms with Gasteiger partial charge >= 0.3 is 0 Å². The van der Waals surface area contributed by atoms with E-state index in [0.29, 0.717) is 25.9 Å². The highest BCUT2D eigenvalue weighted by Gasteiger charge is 2.37. The molecule has 7 heteroatoms. The molecule has 0 aromatic heterocycles. The second-order valence-electron chi connectivity index (χ2n) is 6.94. The molecular formula is C21H21N3O3S. The van der Waals surface area contributed by atoms with Gasteiger partial charge in [0.2, 0.25) is 17.7 Å². The summed E-state index contributed by atoms with van der Waals surface area (Å²) in [5, 5.41) is 4.97. The summed E-state index contributed by atoms with van der Waals surface area (Å²) in [6.45, 7) is 0.968. The quantitative estimate of drug-likeness (QED) is 0.783. The minimum atomic E-state index is -0.774. The van der Waals surface area contributed by atoms with Crippen molar-refractivity contribution in [2.75, 3.05) is 23.7 Å². The topological polar surface area (TPSA) is 78.5 Å². The summed E-state index contributed by atoms with van der Waals surface area (Å²) >= 11 is 1.29. The number of para-hydroxylation sites is 2. The number of fused-ring (bicyclic) bond motifs is 1. The highest BCUT2D eigenvalue weighted by atomic mass is 32.2. The number of nitrogens with one attached hydrogen (secondary N) is 2. The molecule has 1 fully saturated rings. The average molecular weight is 395 g/mol. The minimum Gasteiger partial charge on any atom is -0.341 e. The smallest absolute Gasteiger partial charge is 0.247 e. The molecule has 2 aromatic carbocycles. The van der Waals surface area contributed by atoms with Crippen molar-refractivity contribution in [3.8, 4) is 0 Å². The van der Waals surface area contributed by atoms with E-state index < -0.39 is 5.25 Å². The Balaban J connectivity index is 1.34. The van der Waals surface area contributed by atoms with Crippen molar-refractivity contribution >= 4 is 40.9 Å². The maximum Gasteiger partial charge on any atom is 0.247 e. The van der Waals surface area contributed by atoms with E-state index in [2.05, 4.69) is 10.6 Å². The van der Waals surface area contributed by atoms with Gasteiger partial charge in [-0.05, 0) is 37.1 Å². The second kappa shape index (κ2) is 8.06. The largest absolute Gasteiger partial charge is 0.341 e. The molecule has 0 radical (unpaired) electrons. The molecule has 2 N–H and O–H groups in total. The van der Waals surface area contributed by atoms with Crippen LogP contribution in [0.15, 0.2) is 59.5 Å². The Morgan fingerprint density at radius 1 is 1.00 bits per heavy atom. The van der Waals surface area contributed by atoms with Crippen molar-refractivity contribution in [2.24, 2.45) is 5.92 Å². The summed E-state index contributed by atoms with van der Waals surface area (Å²) in [6.07, 6.45) is 1.19. The zero-order valence-corrected chi connectivity index (χ0v) is 16.1. The monoisotopic (exact) mass is 395 g/mol. The fourth-order valence-electron chi connectivity index (χ4n) is 3.51. The van der Waals surface area contributed by atoms with Crippen molar-refractivity contribution in [1.82, 2.24) is 4.90 Å². The van der Waals surface area contributed by atoms with Gasteiger partial charge in [0.25, 0.3) is 0 Å². The first-order valence-corrected chi connectivity index (χ1v) is 10.2. The number of likely N-dealkylation sites (tertiary alicyclic amines) is 1. The Labute approximate surface area is 167 Å². The number of hydrogen-bond acceptors (Lipinski definition) is 4. The van der Waals surface area contributed by atoms with Crippen LogP contribution >= 0.6 is 11.8 Å². The van der Waals surface area contributed by atoms with Gasteiger partial charge in [-0.2, -0.15) is 0 Å². The molecular weight excluding hydrogens is 374 g/mol. The number of thioether (sulfide) groups is 1. The molecule has 2 aliphatic rings. The van der Waals surface area contributed by atoms with Gasteiger partial charge in [0.1, 0.15) is 0 Å². The van der Waals surface area contributed by atoms with E-state index in [0.717, 1.165) is 16.3 Å². The van der Waals surface area contributed by atoms with E-state index in [-0.39, 0.29) is 23.6 Å². The molecule has 0 unspecified atom stereocenters. The SMILES string of the molecule is O=C(Nc1ccccc1)C1CCN(C(=O)[C@H]2Sc3ccccc3NC2=O)CC1. The van der Waals surface area contributed by atoms with Crippen LogP contribution in [0.4, 0.5) is 11.4 Å². The summed E-state index contributed by atoms with van der Waals surface area (Å²) in [7, 11) is 0. The van der Waals surface area contributed by atoms with Crippen molar-refractivity contribution in [2.45, 2.75) is 23.0 Å². The van der Waals surface area contributed by atoms with Crippen LogP contribution in [0, 0.1) is 5.92 Å². The normalized spacial score (nSPS) is 19.5. The third-order valence-corrected chi connectivity index (χ3v) is 6.33. The first-order chi connectivity index (χ1) is 13.6. The van der Waals surface area contributed by atoms with Crippen LogP contribution in [-0.2, 0) is 14.4 Å². The minimum absolute atomic E-state index is 0.0167. The first-order valence-electron chi connectivity index (χ1n) is 9.33. The van der Waals surface area contributed by atoms with Crippen molar-refractivity contribution in [3.05, 3.63) is 54.6 Å². The third kappa shape index (κ3) is 3.89. The maximum atomic E-state index is 12.9. The number of carbonyl (C=O) groups excluding carboxylic acids is 3. The van der Waals surface area contributed by atoms with Gasteiger partial charge in [0.05, 0.1) is 5.69 Å². The van der Waals surface area contributed by atoms with Gasteiger partial charge in [0.15, 0.2) is 5.25 Å². The number of piperidine rings is 1. The molecule has 0 saturated carbocycles. The Kier molecular flexibility index (Phi) is 5.34. The molecule has 2 aromatic rings. The zero-order valence-electron chi connectivity index (χ0n) is 15.3. The molecule has 1 atom stereocenters. The highest BCUT2D eigenvalue weighted by molar-refractivity contribution is 8.01. The van der Waals surface area contributed by atoms with Gasteiger partial charge in [-0.3, -0.25) is 14.4 Å². The van der Waals surface area contributed by atoms with E-state index in [1.165, 1.54) is 11.8 Å². The zero-order chi connectivity index (χ0) is 19.5. The van der Waals surface area contributed by atoms with E-state index >= 15 is 0 Å². The van der Waals surface area contributed by atoms with Gasteiger partial charge < -0.3 is 15.5 Å². The van der Waals surface area contributed by atoms with Crippen LogP contribution in [-0.4, -0.2) is 41.0 Å². The number of anilines is 2. The van der Waals surface area contributed by atoms with Crippen LogP contribution in [0.1, 0.15) is 12.8 Å². The number of benzene rings is 2. The van der Waals surface area contributed by atoms with Crippen LogP contribution in [0.25, 0.3) is 0 Å². The first kappa shape index (κ1) is 18.6. The third-order valence-electron chi connectivity index (χ3n) is 5.07. The number of rotatable bonds is 3. The molecule has 3 amide bonds. The highest BCUT2D eigenvalue weighted by Crippen LogP contribution is 2.36. The predicted octanol–water partition coefficient (Wildman–Crippen LogP) is 2.98. The number of nitrogens with zero attached hydrogens (tertiary/aromatic N) is 1. The second-order valence-corrected chi connectivity index (χ2v) is 8.09. The number of amides is 3. The fourth-order valence-corrected chi connectivity index (χ4v) is 4.58. The standard InChI is InChI=1S/C21H21N3O3S/c25-19(22-15-6-2-1-3-7-15)14-10-12-24(13-11-14)21(27)18-20(26)23-16-8-4-5-9-17(16)28-18/h1-9,14,18H,10-13H2,(H,22,25)(H,23,26)/t18-/m0/s1. The number of carbonyl (C=O) groups is 3. The van der Waals surface area contributed by atoms with Crippen LogP contribution in [0.3, 0.4) is 0 Å². The van der Waals surface area contributed by atoms with Gasteiger partial charge in [-0.1, -0.05) is 30.3 Å². The van der Waals surface area contributed by atoms with E-state index in [1.807, 2.05) is 54.6 Å². The molecule has 144 valence electrons. The lowest BCUT2D eigenvalue weighted by Crippen LogP contribution is -2.48. The van der Waals surface area contributed by atoms with Crippen molar-refractivity contribution < 1.29 is 14.4 Å². The van der Waals surface area contributed by atoms with Crippen LogP contribution < -0.4 is 10.6 Å². The lowest BCUT2D eigenvalue weighted by atomic mass is 9.95. The summed E-state index contributed by atoms with van der Waals surface area (Å²) in [5.74, 6) is -0.605. The average Bonchev–Trinajstić information content (AvgIpc) is 2.73. The molecule has 2 aliphatic heterocycles. The van der Waals surface area contributed by atoms with Gasteiger partial charge in [0, 0.05) is 29.6 Å². The van der Waals surface area contributed by atoms with Gasteiger partial charge in [-0.15, -0.1) is 11.8 Å². The van der Waals surface area contributed by atoms with E-state index in [1.54, 1.807) is 4.90 Å². The van der Waals surface area contributed by atoms with E-state index in [9.17, 15) is 14.4 Å². The molecule has 1 saturated heterocycles. The summed E-state index contributed by atoms with van der Waals surface area (Å²) in [4.78, 5) is 40.3. The molecule has 0 bridgehead atoms. The lowest BCUT2D eigenvalue weighted by molar-refractivity contribution is -0.136.